The fourth-order valence-corrected chi connectivity index (χ4v) is 12.8. The van der Waals surface area contributed by atoms with E-state index in [2.05, 4.69) is 61.1 Å². The molecule has 0 aliphatic carbocycles. The lowest BCUT2D eigenvalue weighted by Crippen LogP contribution is -2.44. The normalized spacial score (nSPS) is 21.6. The summed E-state index contributed by atoms with van der Waals surface area (Å²) in [6, 6.07) is 41.9. The topological polar surface area (TPSA) is 76.2 Å². The van der Waals surface area contributed by atoms with Crippen LogP contribution in [0.1, 0.15) is 170 Å². The molecule has 4 fully saturated rings. The molecule has 10 nitrogen and oxygen atoms in total. The van der Waals surface area contributed by atoms with E-state index in [4.69, 9.17) is 23.7 Å². The zero-order valence-electron chi connectivity index (χ0n) is 53.4. The number of likely N-dealkylation sites (tertiary alicyclic amines) is 4. The Bertz CT molecular complexity index is 2040. The minimum absolute atomic E-state index is 0.00906. The molecule has 4 aromatic rings. The van der Waals surface area contributed by atoms with Crippen molar-refractivity contribution in [2.24, 2.45) is 29.6 Å². The molecule has 0 amide bonds. The number of ether oxygens (including phenoxy) is 5. The first-order valence-corrected chi connectivity index (χ1v) is 33.3. The van der Waals surface area contributed by atoms with Crippen molar-refractivity contribution in [1.29, 1.82) is 0 Å². The first-order valence-electron chi connectivity index (χ1n) is 33.3. The fourth-order valence-electron chi connectivity index (χ4n) is 12.8. The van der Waals surface area contributed by atoms with E-state index in [1.165, 1.54) is 129 Å². The monoisotopic (exact) mass is 1140 g/mol. The number of piperidine rings is 4. The molecule has 4 aromatic carbocycles. The van der Waals surface area contributed by atoms with Crippen molar-refractivity contribution in [2.45, 2.75) is 183 Å². The number of benzene rings is 4. The predicted molar refractivity (Wildman–Crippen MR) is 347 cm³/mol. The highest BCUT2D eigenvalue weighted by atomic mass is 16.5. The van der Waals surface area contributed by atoms with Gasteiger partial charge in [0.1, 0.15) is 23.0 Å². The van der Waals surface area contributed by atoms with E-state index in [0.717, 1.165) is 143 Å². The molecule has 464 valence electrons. The first kappa shape index (κ1) is 69.2. The predicted octanol–water partition coefficient (Wildman–Crippen LogP) is 16.4. The van der Waals surface area contributed by atoms with Crippen LogP contribution in [0.15, 0.2) is 121 Å². The van der Waals surface area contributed by atoms with Gasteiger partial charge >= 0.3 is 5.97 Å². The second kappa shape index (κ2) is 43.1. The summed E-state index contributed by atoms with van der Waals surface area (Å²) < 4.78 is 28.0. The van der Waals surface area contributed by atoms with Crippen molar-refractivity contribution in [2.75, 3.05) is 98.5 Å². The molecule has 10 heteroatoms. The molecule has 0 aromatic heterocycles. The van der Waals surface area contributed by atoms with Crippen molar-refractivity contribution in [3.63, 3.8) is 0 Å². The largest absolute Gasteiger partial charge is 0.494 e. The van der Waals surface area contributed by atoms with E-state index in [9.17, 15) is 4.79 Å². The number of para-hydroxylation sites is 4. The van der Waals surface area contributed by atoms with Gasteiger partial charge in [-0.15, -0.1) is 0 Å². The second-order valence-electron chi connectivity index (χ2n) is 25.0. The molecular formula is C73H116N4O6. The van der Waals surface area contributed by atoms with Gasteiger partial charge < -0.3 is 38.4 Å². The van der Waals surface area contributed by atoms with Gasteiger partial charge in [0.2, 0.25) is 0 Å². The lowest BCUT2D eigenvalue weighted by atomic mass is 9.92. The number of carbonyl (C=O) groups excluding carboxylic acids is 1. The quantitative estimate of drug-likeness (QED) is 0.0372. The van der Waals surface area contributed by atoms with Crippen molar-refractivity contribution >= 4 is 5.97 Å². The summed E-state index contributed by atoms with van der Waals surface area (Å²) >= 11 is 0. The van der Waals surface area contributed by atoms with Crippen LogP contribution in [-0.2, 0) is 9.53 Å². The Labute approximate surface area is 506 Å². The minimum atomic E-state index is -0.00906. The fraction of sp³-hybridized carbons (Fsp3) is 0.658. The molecule has 4 aliphatic heterocycles. The standard InChI is InChI=1S/C19H29NO3.3C18H29NO/c1-2-22-19(21)17-11-14-20(15-12-17)13-7-4-8-16-23-18-9-5-3-6-10-18;1-16-10-9-11-17(2)19(16)14-7-4-8-15-20-18-12-5-3-6-13-18;2*1-16-13-17(2)15-19(14-16)11-7-4-8-12-20-18-9-5-3-6-10-18/h3,5-6,9-10,17H,2,4,7-8,11-16H2,1H3;3,5-6,12-13,16-17H,4,7-11,14-15H2,1-2H3;2*3,5-6,9-10,16-17H,4,7-8,11-15H2,1-2H3/t;2*16-,17+;16-,17-/m...0/s1. The van der Waals surface area contributed by atoms with E-state index in [-0.39, 0.29) is 11.9 Å². The summed E-state index contributed by atoms with van der Waals surface area (Å²) in [5.74, 6) is 7.54. The van der Waals surface area contributed by atoms with Gasteiger partial charge in [0, 0.05) is 38.3 Å². The van der Waals surface area contributed by atoms with Gasteiger partial charge in [-0.1, -0.05) is 107 Å². The molecule has 4 aliphatic rings. The molecule has 83 heavy (non-hydrogen) atoms. The number of carbonyl (C=O) groups is 1. The Balaban J connectivity index is 0.000000203. The second-order valence-corrected chi connectivity index (χ2v) is 25.0. The van der Waals surface area contributed by atoms with Crippen LogP contribution in [-0.4, -0.2) is 136 Å². The zero-order valence-corrected chi connectivity index (χ0v) is 53.4. The van der Waals surface area contributed by atoms with Gasteiger partial charge in [-0.05, 0) is 248 Å². The average Bonchev–Trinajstić information content (AvgIpc) is 3.51. The summed E-state index contributed by atoms with van der Waals surface area (Å²) in [4.78, 5) is 22.2. The summed E-state index contributed by atoms with van der Waals surface area (Å²) in [6.45, 7) is 32.1. The van der Waals surface area contributed by atoms with Gasteiger partial charge in [-0.25, -0.2) is 0 Å². The molecule has 6 atom stereocenters. The maximum absolute atomic E-state index is 11.7. The van der Waals surface area contributed by atoms with E-state index < -0.39 is 0 Å². The molecule has 8 rings (SSSR count). The number of nitrogens with zero attached hydrogens (tertiary/aromatic N) is 4. The smallest absolute Gasteiger partial charge is 0.309 e. The molecule has 4 saturated heterocycles. The Kier molecular flexibility index (Phi) is 35.9. The van der Waals surface area contributed by atoms with Crippen LogP contribution in [0.25, 0.3) is 0 Å². The van der Waals surface area contributed by atoms with Gasteiger partial charge in [0.25, 0.3) is 0 Å². The van der Waals surface area contributed by atoms with Gasteiger partial charge in [0.05, 0.1) is 39.0 Å². The van der Waals surface area contributed by atoms with Crippen LogP contribution in [0, 0.1) is 29.6 Å². The average molecular weight is 1150 g/mol. The number of rotatable bonds is 30. The van der Waals surface area contributed by atoms with Crippen molar-refractivity contribution in [3.05, 3.63) is 121 Å². The Morgan fingerprint density at radius 1 is 0.398 bits per heavy atom. The van der Waals surface area contributed by atoms with Crippen molar-refractivity contribution in [3.8, 4) is 23.0 Å². The summed E-state index contributed by atoms with van der Waals surface area (Å²) in [5.41, 5.74) is 0. The van der Waals surface area contributed by atoms with Crippen molar-refractivity contribution in [1.82, 2.24) is 19.6 Å². The molecule has 0 spiro atoms. The van der Waals surface area contributed by atoms with Crippen LogP contribution in [0.2, 0.25) is 0 Å². The van der Waals surface area contributed by atoms with Gasteiger partial charge in [0.15, 0.2) is 0 Å². The van der Waals surface area contributed by atoms with E-state index >= 15 is 0 Å². The van der Waals surface area contributed by atoms with Crippen LogP contribution >= 0.6 is 0 Å². The van der Waals surface area contributed by atoms with Crippen LogP contribution in [0.3, 0.4) is 0 Å². The third-order valence-corrected chi connectivity index (χ3v) is 16.9. The minimum Gasteiger partial charge on any atom is -0.494 e. The van der Waals surface area contributed by atoms with Crippen LogP contribution in [0.4, 0.5) is 0 Å². The Hall–Kier alpha value is -4.61. The molecule has 0 bridgehead atoms. The summed E-state index contributed by atoms with van der Waals surface area (Å²) in [5, 5.41) is 0. The lowest BCUT2D eigenvalue weighted by Gasteiger charge is -2.39. The van der Waals surface area contributed by atoms with Crippen molar-refractivity contribution < 1.29 is 28.5 Å². The van der Waals surface area contributed by atoms with Crippen LogP contribution < -0.4 is 18.9 Å². The molecule has 0 radical (unpaired) electrons. The first-order chi connectivity index (χ1) is 40.5. The zero-order chi connectivity index (χ0) is 59.0. The van der Waals surface area contributed by atoms with E-state index in [0.29, 0.717) is 6.61 Å². The summed E-state index contributed by atoms with van der Waals surface area (Å²) in [6.07, 6.45) is 23.5. The number of hydrogen-bond acceptors (Lipinski definition) is 10. The van der Waals surface area contributed by atoms with Crippen LogP contribution in [0.5, 0.6) is 23.0 Å². The molecule has 0 unspecified atom stereocenters. The molecular weight excluding hydrogens is 1030 g/mol. The Morgan fingerprint density at radius 3 is 1.04 bits per heavy atom. The highest BCUT2D eigenvalue weighted by Gasteiger charge is 2.27. The van der Waals surface area contributed by atoms with Gasteiger partial charge in [-0.3, -0.25) is 9.69 Å². The summed E-state index contributed by atoms with van der Waals surface area (Å²) in [7, 11) is 0. The number of unbranched alkanes of at least 4 members (excludes halogenated alkanes) is 8. The number of esters is 1. The lowest BCUT2D eigenvalue weighted by molar-refractivity contribution is -0.149. The maximum Gasteiger partial charge on any atom is 0.309 e. The third-order valence-electron chi connectivity index (χ3n) is 16.9. The third kappa shape index (κ3) is 31.4. The highest BCUT2D eigenvalue weighted by molar-refractivity contribution is 5.72. The molecule has 0 N–H and O–H groups in total. The molecule has 4 heterocycles. The number of hydrogen-bond donors (Lipinski definition) is 0. The Morgan fingerprint density at radius 2 is 0.711 bits per heavy atom. The van der Waals surface area contributed by atoms with E-state index in [1.807, 2.05) is 128 Å². The highest BCUT2D eigenvalue weighted by Crippen LogP contribution is 2.25. The van der Waals surface area contributed by atoms with E-state index in [1.54, 1.807) is 0 Å². The molecule has 0 saturated carbocycles. The maximum atomic E-state index is 11.7. The van der Waals surface area contributed by atoms with Gasteiger partial charge in [-0.2, -0.15) is 0 Å². The SMILES string of the molecule is CCOC(=O)C1CCN(CCCCCOc2ccccc2)CC1.C[C@@H]1CCC[C@H](C)N1CCCCCOc1ccccc1.C[C@@H]1C[C@H](C)CN(CCCCCOc2ccccc2)C1.C[C@H]1C[C@H](C)CN(CCCCCOc2ccccc2)C1.